The fraction of sp³-hybridized carbons (Fsp3) is 0.588. The summed E-state index contributed by atoms with van der Waals surface area (Å²) in [7, 11) is 0. The highest BCUT2D eigenvalue weighted by Gasteiger charge is 2.28. The van der Waals surface area contributed by atoms with E-state index in [1.165, 1.54) is 31.4 Å². The second kappa shape index (κ2) is 7.92. The number of rotatable bonds is 6. The molecule has 1 saturated carbocycles. The van der Waals surface area contributed by atoms with Crippen LogP contribution >= 0.6 is 0 Å². The Balaban J connectivity index is 1.67. The van der Waals surface area contributed by atoms with Crippen LogP contribution in [0.15, 0.2) is 24.3 Å². The molecule has 0 bridgehead atoms. The molecule has 26 heavy (non-hydrogen) atoms. The Hall–Kier alpha value is -2.32. The number of benzene rings is 1. The SMILES string of the molecule is CC(Nc1cccc(OCC(F)(F)F)c1)c1nnnn1C1CCCCC1. The van der Waals surface area contributed by atoms with Crippen molar-refractivity contribution < 1.29 is 17.9 Å². The summed E-state index contributed by atoms with van der Waals surface area (Å²) in [5.74, 6) is 0.880. The van der Waals surface area contributed by atoms with Crippen molar-refractivity contribution in [2.75, 3.05) is 11.9 Å². The number of nitrogens with one attached hydrogen (secondary N) is 1. The summed E-state index contributed by atoms with van der Waals surface area (Å²) in [6, 6.07) is 6.56. The van der Waals surface area contributed by atoms with Crippen LogP contribution in [0.3, 0.4) is 0 Å². The van der Waals surface area contributed by atoms with Gasteiger partial charge >= 0.3 is 6.18 Å². The minimum absolute atomic E-state index is 0.159. The minimum Gasteiger partial charge on any atom is -0.484 e. The maximum Gasteiger partial charge on any atom is 0.422 e. The van der Waals surface area contributed by atoms with E-state index in [2.05, 4.69) is 20.8 Å². The molecule has 0 spiro atoms. The van der Waals surface area contributed by atoms with Gasteiger partial charge in [0.05, 0.1) is 12.1 Å². The number of aromatic nitrogens is 4. The number of hydrogen-bond donors (Lipinski definition) is 1. The molecule has 1 N–H and O–H groups in total. The number of alkyl halides is 3. The summed E-state index contributed by atoms with van der Waals surface area (Å²) in [6.07, 6.45) is 1.34. The zero-order valence-electron chi connectivity index (χ0n) is 14.5. The number of nitrogens with zero attached hydrogens (tertiary/aromatic N) is 4. The van der Waals surface area contributed by atoms with Crippen molar-refractivity contribution in [3.8, 4) is 5.75 Å². The molecule has 3 rings (SSSR count). The topological polar surface area (TPSA) is 64.9 Å². The number of anilines is 1. The Kier molecular flexibility index (Phi) is 5.63. The van der Waals surface area contributed by atoms with E-state index >= 15 is 0 Å². The van der Waals surface area contributed by atoms with E-state index in [1.54, 1.807) is 12.1 Å². The molecule has 2 aromatic rings. The van der Waals surface area contributed by atoms with E-state index in [-0.39, 0.29) is 11.8 Å². The van der Waals surface area contributed by atoms with Gasteiger partial charge in [-0.25, -0.2) is 4.68 Å². The van der Waals surface area contributed by atoms with E-state index in [0.717, 1.165) is 18.7 Å². The van der Waals surface area contributed by atoms with E-state index in [1.807, 2.05) is 11.6 Å². The van der Waals surface area contributed by atoms with Gasteiger partial charge in [-0.3, -0.25) is 0 Å². The van der Waals surface area contributed by atoms with Gasteiger partial charge in [-0.15, -0.1) is 5.10 Å². The van der Waals surface area contributed by atoms with Crippen LogP contribution in [0.25, 0.3) is 0 Å². The van der Waals surface area contributed by atoms with Crippen LogP contribution < -0.4 is 10.1 Å². The smallest absolute Gasteiger partial charge is 0.422 e. The lowest BCUT2D eigenvalue weighted by Crippen LogP contribution is -2.21. The largest absolute Gasteiger partial charge is 0.484 e. The van der Waals surface area contributed by atoms with Crippen LogP contribution in [0.1, 0.15) is 56.9 Å². The van der Waals surface area contributed by atoms with Crippen LogP contribution in [0, 0.1) is 0 Å². The van der Waals surface area contributed by atoms with Gasteiger partial charge in [0.1, 0.15) is 5.75 Å². The molecule has 0 amide bonds. The lowest BCUT2D eigenvalue weighted by molar-refractivity contribution is -0.153. The van der Waals surface area contributed by atoms with Crippen LogP contribution in [-0.2, 0) is 0 Å². The van der Waals surface area contributed by atoms with E-state index < -0.39 is 12.8 Å². The molecule has 6 nitrogen and oxygen atoms in total. The molecule has 1 heterocycles. The van der Waals surface area contributed by atoms with Crippen molar-refractivity contribution in [1.82, 2.24) is 20.2 Å². The number of halogens is 3. The van der Waals surface area contributed by atoms with Gasteiger partial charge in [-0.2, -0.15) is 13.2 Å². The Bertz CT molecular complexity index is 712. The predicted molar refractivity (Wildman–Crippen MR) is 90.0 cm³/mol. The Morgan fingerprint density at radius 1 is 1.27 bits per heavy atom. The molecule has 9 heteroatoms. The third-order valence-corrected chi connectivity index (χ3v) is 4.45. The molecule has 1 aliphatic carbocycles. The molecule has 0 saturated heterocycles. The monoisotopic (exact) mass is 369 g/mol. The molecule has 1 aromatic carbocycles. The summed E-state index contributed by atoms with van der Waals surface area (Å²) in [6.45, 7) is 0.611. The fourth-order valence-corrected chi connectivity index (χ4v) is 3.23. The first kappa shape index (κ1) is 18.5. The molecular weight excluding hydrogens is 347 g/mol. The molecular formula is C17H22F3N5O. The fourth-order valence-electron chi connectivity index (χ4n) is 3.23. The summed E-state index contributed by atoms with van der Waals surface area (Å²) in [5.41, 5.74) is 0.648. The number of tetrazole rings is 1. The van der Waals surface area contributed by atoms with Gasteiger partial charge in [0.2, 0.25) is 0 Å². The predicted octanol–water partition coefficient (Wildman–Crippen LogP) is 4.29. The molecule has 1 atom stereocenters. The first-order valence-electron chi connectivity index (χ1n) is 8.76. The van der Waals surface area contributed by atoms with Crippen LogP contribution in [0.5, 0.6) is 5.75 Å². The first-order valence-corrected chi connectivity index (χ1v) is 8.76. The Morgan fingerprint density at radius 3 is 2.77 bits per heavy atom. The summed E-state index contributed by atoms with van der Waals surface area (Å²) >= 11 is 0. The average Bonchev–Trinajstić information content (AvgIpc) is 3.10. The van der Waals surface area contributed by atoms with Crippen LogP contribution in [0.2, 0.25) is 0 Å². The van der Waals surface area contributed by atoms with Gasteiger partial charge in [0.15, 0.2) is 12.4 Å². The Labute approximate surface area is 149 Å². The molecule has 1 aromatic heterocycles. The Morgan fingerprint density at radius 2 is 2.04 bits per heavy atom. The van der Waals surface area contributed by atoms with Crippen molar-refractivity contribution in [1.29, 1.82) is 0 Å². The highest BCUT2D eigenvalue weighted by Crippen LogP contribution is 2.30. The third kappa shape index (κ3) is 4.86. The van der Waals surface area contributed by atoms with Gasteiger partial charge in [-0.05, 0) is 42.3 Å². The maximum atomic E-state index is 12.3. The van der Waals surface area contributed by atoms with Crippen molar-refractivity contribution in [2.45, 2.75) is 57.3 Å². The highest BCUT2D eigenvalue weighted by molar-refractivity contribution is 5.49. The maximum absolute atomic E-state index is 12.3. The lowest BCUT2D eigenvalue weighted by atomic mass is 9.95. The summed E-state index contributed by atoms with van der Waals surface area (Å²) in [5, 5.41) is 15.3. The molecule has 1 fully saturated rings. The van der Waals surface area contributed by atoms with Gasteiger partial charge in [0.25, 0.3) is 0 Å². The summed E-state index contributed by atoms with van der Waals surface area (Å²) in [4.78, 5) is 0. The standard InChI is InChI=1S/C17H22F3N5O/c1-12(16-22-23-24-25(16)14-7-3-2-4-8-14)21-13-6-5-9-15(10-13)26-11-17(18,19)20/h5-6,9-10,12,14,21H,2-4,7-8,11H2,1H3. The molecule has 0 aliphatic heterocycles. The highest BCUT2D eigenvalue weighted by atomic mass is 19.4. The quantitative estimate of drug-likeness (QED) is 0.823. The van der Waals surface area contributed by atoms with Gasteiger partial charge in [-0.1, -0.05) is 25.3 Å². The first-order chi connectivity index (χ1) is 12.4. The number of ether oxygens (including phenoxy) is 1. The van der Waals surface area contributed by atoms with Gasteiger partial charge < -0.3 is 10.1 Å². The van der Waals surface area contributed by atoms with Crippen LogP contribution in [-0.4, -0.2) is 33.0 Å². The third-order valence-electron chi connectivity index (χ3n) is 4.45. The normalized spacial score (nSPS) is 17.1. The van der Waals surface area contributed by atoms with Gasteiger partial charge in [0, 0.05) is 11.8 Å². The zero-order valence-corrected chi connectivity index (χ0v) is 14.5. The second-order valence-electron chi connectivity index (χ2n) is 6.57. The van der Waals surface area contributed by atoms with Crippen molar-refractivity contribution >= 4 is 5.69 Å². The molecule has 1 unspecified atom stereocenters. The minimum atomic E-state index is -4.36. The molecule has 142 valence electrons. The zero-order chi connectivity index (χ0) is 18.6. The number of hydrogen-bond acceptors (Lipinski definition) is 5. The van der Waals surface area contributed by atoms with E-state index in [9.17, 15) is 13.2 Å². The van der Waals surface area contributed by atoms with E-state index in [4.69, 9.17) is 4.74 Å². The van der Waals surface area contributed by atoms with E-state index in [0.29, 0.717) is 11.7 Å². The summed E-state index contributed by atoms with van der Waals surface area (Å²) < 4.78 is 43.5. The van der Waals surface area contributed by atoms with Crippen molar-refractivity contribution in [2.24, 2.45) is 0 Å². The van der Waals surface area contributed by atoms with Crippen molar-refractivity contribution in [3.63, 3.8) is 0 Å². The second-order valence-corrected chi connectivity index (χ2v) is 6.57. The van der Waals surface area contributed by atoms with Crippen LogP contribution in [0.4, 0.5) is 18.9 Å². The molecule has 0 radical (unpaired) electrons. The van der Waals surface area contributed by atoms with Crippen molar-refractivity contribution in [3.05, 3.63) is 30.1 Å². The lowest BCUT2D eigenvalue weighted by Gasteiger charge is -2.24. The average molecular weight is 369 g/mol. The molecule has 1 aliphatic rings.